The van der Waals surface area contributed by atoms with Gasteiger partial charge in [-0.05, 0) is 23.8 Å². The molecule has 1 amide bonds. The molecule has 0 fully saturated rings. The first-order chi connectivity index (χ1) is 7.65. The Kier molecular flexibility index (Phi) is 3.83. The number of anilines is 1. The number of allylic oxidation sites excluding steroid dienone is 1. The van der Waals surface area contributed by atoms with Crippen LogP contribution >= 0.6 is 0 Å². The monoisotopic (exact) mass is 211 g/mol. The van der Waals surface area contributed by atoms with E-state index in [4.69, 9.17) is 11.8 Å². The zero-order valence-electron chi connectivity index (χ0n) is 8.69. The van der Waals surface area contributed by atoms with Crippen LogP contribution in [0.25, 0.3) is 10.9 Å². The third-order valence-electron chi connectivity index (χ3n) is 1.77. The summed E-state index contributed by atoms with van der Waals surface area (Å²) < 4.78 is 0. The van der Waals surface area contributed by atoms with Gasteiger partial charge in [0.15, 0.2) is 0 Å². The Morgan fingerprint density at radius 3 is 2.56 bits per heavy atom. The molecule has 4 heteroatoms. The molecular formula is C12H9N3O. The minimum absolute atomic E-state index is 0.0345. The lowest BCUT2D eigenvalue weighted by atomic mass is 10.2. The van der Waals surface area contributed by atoms with Crippen molar-refractivity contribution in [2.75, 3.05) is 5.32 Å². The van der Waals surface area contributed by atoms with E-state index in [-0.39, 0.29) is 11.6 Å². The lowest BCUT2D eigenvalue weighted by molar-refractivity contribution is -0.114. The third-order valence-corrected chi connectivity index (χ3v) is 1.77. The number of nitriles is 1. The number of benzene rings is 1. The fourth-order valence-corrected chi connectivity index (χ4v) is 1.11. The van der Waals surface area contributed by atoms with Crippen LogP contribution in [0.1, 0.15) is 12.5 Å². The van der Waals surface area contributed by atoms with E-state index in [0.29, 0.717) is 5.69 Å². The van der Waals surface area contributed by atoms with E-state index >= 15 is 0 Å². The number of nitrogens with one attached hydrogen (secondary N) is 1. The molecule has 0 spiro atoms. The van der Waals surface area contributed by atoms with Gasteiger partial charge in [0.1, 0.15) is 0 Å². The number of carbonyl (C=O) groups is 1. The molecule has 0 heterocycles. The van der Waals surface area contributed by atoms with Gasteiger partial charge in [0.25, 0.3) is 5.70 Å². The topological polar surface area (TPSA) is 57.2 Å². The molecule has 0 aromatic heterocycles. The third kappa shape index (κ3) is 3.28. The second-order valence-electron chi connectivity index (χ2n) is 3.06. The average Bonchev–Trinajstić information content (AvgIpc) is 2.27. The van der Waals surface area contributed by atoms with E-state index in [0.717, 1.165) is 5.56 Å². The fourth-order valence-electron chi connectivity index (χ4n) is 1.11. The predicted molar refractivity (Wildman–Crippen MR) is 60.9 cm³/mol. The summed E-state index contributed by atoms with van der Waals surface area (Å²) in [6.45, 7) is 8.15. The van der Waals surface area contributed by atoms with E-state index in [1.165, 1.54) is 13.0 Å². The smallest absolute Gasteiger partial charge is 0.262 e. The lowest BCUT2D eigenvalue weighted by Gasteiger charge is -2.01. The number of rotatable bonds is 2. The summed E-state index contributed by atoms with van der Waals surface area (Å²) in [6, 6.07) is 8.67. The van der Waals surface area contributed by atoms with Gasteiger partial charge in [-0.15, -0.1) is 0 Å². The Morgan fingerprint density at radius 1 is 1.50 bits per heavy atom. The highest BCUT2D eigenvalue weighted by Gasteiger charge is 1.96. The molecule has 0 aliphatic rings. The Bertz CT molecular complexity index is 485. The van der Waals surface area contributed by atoms with E-state index in [1.807, 2.05) is 0 Å². The van der Waals surface area contributed by atoms with Crippen LogP contribution in [0, 0.1) is 17.9 Å². The normalized spacial score (nSPS) is 10.1. The average molecular weight is 211 g/mol. The van der Waals surface area contributed by atoms with Gasteiger partial charge < -0.3 is 5.32 Å². The molecule has 0 aliphatic carbocycles. The van der Waals surface area contributed by atoms with Crippen molar-refractivity contribution in [3.63, 3.8) is 0 Å². The standard InChI is InChI=1S/C12H9N3O/c1-9(16)15-11-5-3-10(4-6-11)7-12(8-13)14-2/h3-7H,1H3,(H,15,16)/b12-7-. The quantitative estimate of drug-likeness (QED) is 0.603. The van der Waals surface area contributed by atoms with Crippen molar-refractivity contribution >= 4 is 17.7 Å². The van der Waals surface area contributed by atoms with Crippen LogP contribution in [0.2, 0.25) is 0 Å². The number of hydrogen-bond donors (Lipinski definition) is 1. The van der Waals surface area contributed by atoms with Crippen molar-refractivity contribution in [3.05, 3.63) is 46.9 Å². The van der Waals surface area contributed by atoms with Crippen molar-refractivity contribution in [1.29, 1.82) is 5.26 Å². The Hall–Kier alpha value is -2.59. The van der Waals surface area contributed by atoms with Gasteiger partial charge in [-0.2, -0.15) is 0 Å². The van der Waals surface area contributed by atoms with E-state index in [1.54, 1.807) is 30.3 Å². The molecule has 78 valence electrons. The molecule has 0 radical (unpaired) electrons. The molecule has 1 N–H and O–H groups in total. The highest BCUT2D eigenvalue weighted by atomic mass is 16.1. The summed E-state index contributed by atoms with van der Waals surface area (Å²) in [4.78, 5) is 13.8. The maximum absolute atomic E-state index is 10.8. The minimum atomic E-state index is -0.137. The molecule has 0 aliphatic heterocycles. The highest BCUT2D eigenvalue weighted by molar-refractivity contribution is 5.88. The molecule has 0 bridgehead atoms. The second kappa shape index (κ2) is 5.33. The minimum Gasteiger partial charge on any atom is -0.326 e. The summed E-state index contributed by atoms with van der Waals surface area (Å²) in [5.41, 5.74) is 1.47. The summed E-state index contributed by atoms with van der Waals surface area (Å²) >= 11 is 0. The molecule has 1 rings (SSSR count). The molecule has 0 saturated carbocycles. The van der Waals surface area contributed by atoms with Gasteiger partial charge >= 0.3 is 0 Å². The van der Waals surface area contributed by atoms with Gasteiger partial charge in [-0.3, -0.25) is 4.79 Å². The van der Waals surface area contributed by atoms with Crippen LogP contribution in [0.15, 0.2) is 30.0 Å². The summed E-state index contributed by atoms with van der Waals surface area (Å²) in [5.74, 6) is -0.137. The number of amides is 1. The Labute approximate surface area is 93.6 Å². The SMILES string of the molecule is [C-]#[N+]/C(C#N)=C\c1ccc(NC(C)=O)cc1. The van der Waals surface area contributed by atoms with Crippen molar-refractivity contribution in [2.24, 2.45) is 0 Å². The van der Waals surface area contributed by atoms with Crippen LogP contribution in [-0.4, -0.2) is 5.91 Å². The van der Waals surface area contributed by atoms with Crippen LogP contribution in [-0.2, 0) is 4.79 Å². The first kappa shape index (κ1) is 11.5. The van der Waals surface area contributed by atoms with Crippen molar-refractivity contribution in [1.82, 2.24) is 0 Å². The Morgan fingerprint density at radius 2 is 2.12 bits per heavy atom. The molecule has 0 unspecified atom stereocenters. The van der Waals surface area contributed by atoms with Crippen molar-refractivity contribution < 1.29 is 4.79 Å². The van der Waals surface area contributed by atoms with Crippen molar-refractivity contribution in [3.8, 4) is 6.07 Å². The Balaban J connectivity index is 2.89. The summed E-state index contributed by atoms with van der Waals surface area (Å²) in [5, 5.41) is 11.2. The first-order valence-corrected chi connectivity index (χ1v) is 4.52. The van der Waals surface area contributed by atoms with Crippen molar-refractivity contribution in [2.45, 2.75) is 6.92 Å². The zero-order valence-corrected chi connectivity index (χ0v) is 8.69. The van der Waals surface area contributed by atoms with Gasteiger partial charge in [-0.25, -0.2) is 10.1 Å². The van der Waals surface area contributed by atoms with Gasteiger partial charge in [0.05, 0.1) is 12.6 Å². The van der Waals surface area contributed by atoms with Crippen LogP contribution in [0.4, 0.5) is 5.69 Å². The first-order valence-electron chi connectivity index (χ1n) is 4.52. The van der Waals surface area contributed by atoms with Gasteiger partial charge in [0.2, 0.25) is 5.91 Å². The van der Waals surface area contributed by atoms with Gasteiger partial charge in [-0.1, -0.05) is 12.1 Å². The van der Waals surface area contributed by atoms with Gasteiger partial charge in [0, 0.05) is 12.6 Å². The predicted octanol–water partition coefficient (Wildman–Crippen LogP) is 2.43. The fraction of sp³-hybridized carbons (Fsp3) is 0.0833. The molecule has 1 aromatic carbocycles. The molecule has 16 heavy (non-hydrogen) atoms. The van der Waals surface area contributed by atoms with Crippen LogP contribution in [0.5, 0.6) is 0 Å². The van der Waals surface area contributed by atoms with Crippen LogP contribution < -0.4 is 5.32 Å². The lowest BCUT2D eigenvalue weighted by Crippen LogP contribution is -2.05. The van der Waals surface area contributed by atoms with E-state index in [2.05, 4.69) is 10.2 Å². The molecule has 4 nitrogen and oxygen atoms in total. The van der Waals surface area contributed by atoms with E-state index in [9.17, 15) is 4.79 Å². The largest absolute Gasteiger partial charge is 0.326 e. The maximum atomic E-state index is 10.8. The zero-order chi connectivity index (χ0) is 12.0. The molecule has 0 saturated heterocycles. The molecule has 1 aromatic rings. The molecular weight excluding hydrogens is 202 g/mol. The number of hydrogen-bond acceptors (Lipinski definition) is 2. The summed E-state index contributed by atoms with van der Waals surface area (Å²) in [7, 11) is 0. The second-order valence-corrected chi connectivity index (χ2v) is 3.06. The van der Waals surface area contributed by atoms with E-state index < -0.39 is 0 Å². The maximum Gasteiger partial charge on any atom is 0.262 e. The summed E-state index contributed by atoms with van der Waals surface area (Å²) in [6.07, 6.45) is 1.49. The highest BCUT2D eigenvalue weighted by Crippen LogP contribution is 2.12. The number of carbonyl (C=O) groups excluding carboxylic acids is 1. The van der Waals surface area contributed by atoms with Crippen LogP contribution in [0.3, 0.4) is 0 Å². The molecule has 0 atom stereocenters. The number of nitrogens with zero attached hydrogens (tertiary/aromatic N) is 2.